The molecule has 2 aliphatic heterocycles. The number of imidazole rings is 1. The number of fused-ring (bicyclic) bond motifs is 2. The van der Waals surface area contributed by atoms with Crippen molar-refractivity contribution in [3.63, 3.8) is 0 Å². The Morgan fingerprint density at radius 1 is 1.31 bits per heavy atom. The number of pyridine rings is 1. The van der Waals surface area contributed by atoms with Crippen molar-refractivity contribution in [3.8, 4) is 0 Å². The Morgan fingerprint density at radius 3 is 2.73 bits per heavy atom. The molecule has 2 aliphatic rings. The largest absolute Gasteiger partial charge is 0.478 e. The standard InChI is InChI=1S/C27H31ClN10O8S2/c1-12(24(41)42)46-34-16(15-19(28)48-26(29)32-15)21(39)31-17-22(40)38-18(25(43)44)13(11-47-23(17)38)10-36-8-4-6-14-20(36)33-27(35-45-3)37(14)9-5-7-30-2/h4,6,8,12,17,23,30H,5,7,9-11H2,1-3H3,(H5,29,31,32,39,41,42,43,44)/p+1/t12-,17+,23?/m0/s1. The van der Waals surface area contributed by atoms with Gasteiger partial charge in [0.25, 0.3) is 11.8 Å². The van der Waals surface area contributed by atoms with Crippen LogP contribution in [0.2, 0.25) is 4.34 Å². The quantitative estimate of drug-likeness (QED) is 0.0405. The lowest BCUT2D eigenvalue weighted by molar-refractivity contribution is -0.664. The predicted octanol–water partition coefficient (Wildman–Crippen LogP) is 0.231. The summed E-state index contributed by atoms with van der Waals surface area (Å²) >= 11 is 8.31. The van der Waals surface area contributed by atoms with Gasteiger partial charge in [-0.25, -0.2) is 24.6 Å². The molecule has 5 heterocycles. The van der Waals surface area contributed by atoms with Gasteiger partial charge in [0.05, 0.1) is 13.3 Å². The number of aromatic nitrogens is 4. The average molecular weight is 724 g/mol. The van der Waals surface area contributed by atoms with E-state index in [1.165, 1.54) is 25.8 Å². The van der Waals surface area contributed by atoms with Crippen molar-refractivity contribution in [1.29, 1.82) is 0 Å². The van der Waals surface area contributed by atoms with E-state index in [2.05, 4.69) is 26.3 Å². The van der Waals surface area contributed by atoms with Crippen molar-refractivity contribution in [2.75, 3.05) is 37.7 Å². The van der Waals surface area contributed by atoms with Gasteiger partial charge in [-0.2, -0.15) is 0 Å². The maximum Gasteiger partial charge on any atom is 0.352 e. The number of amides is 2. The van der Waals surface area contributed by atoms with Crippen LogP contribution < -0.4 is 26.4 Å². The lowest BCUT2D eigenvalue weighted by Crippen LogP contribution is -2.71. The Hall–Kier alpha value is -4.50. The number of hydrogen-bond donors (Lipinski definition) is 6. The van der Waals surface area contributed by atoms with E-state index in [1.807, 2.05) is 23.7 Å². The number of carbonyl (C=O) groups is 4. The molecule has 0 radical (unpaired) electrons. The van der Waals surface area contributed by atoms with Gasteiger partial charge in [-0.15, -0.1) is 11.8 Å². The van der Waals surface area contributed by atoms with Gasteiger partial charge in [-0.05, 0) is 39.1 Å². The number of nitrogens with zero attached hydrogens (tertiary/aromatic N) is 6. The fourth-order valence-electron chi connectivity index (χ4n) is 5.13. The maximum absolute atomic E-state index is 13.4. The second-order valence-corrected chi connectivity index (χ2v) is 13.3. The van der Waals surface area contributed by atoms with Crippen LogP contribution in [0.3, 0.4) is 0 Å². The van der Waals surface area contributed by atoms with Gasteiger partial charge in [-0.3, -0.25) is 23.9 Å². The molecule has 1 unspecified atom stereocenters. The van der Waals surface area contributed by atoms with E-state index in [9.17, 15) is 24.3 Å². The number of nitrogens with two attached hydrogens (primary N) is 1. The maximum atomic E-state index is 13.4. The van der Waals surface area contributed by atoms with Crippen LogP contribution in [0.4, 0.5) is 11.1 Å². The summed E-state index contributed by atoms with van der Waals surface area (Å²) < 4.78 is 3.76. The van der Waals surface area contributed by atoms with Crippen LogP contribution in [0.15, 0.2) is 34.8 Å². The molecule has 256 valence electrons. The van der Waals surface area contributed by atoms with E-state index < -0.39 is 47.0 Å². The van der Waals surface area contributed by atoms with Gasteiger partial charge in [0.15, 0.2) is 10.8 Å². The molecule has 0 saturated carbocycles. The number of aliphatic carboxylic acids is 2. The molecule has 5 rings (SSSR count). The van der Waals surface area contributed by atoms with Crippen LogP contribution in [0.25, 0.3) is 11.2 Å². The lowest BCUT2D eigenvalue weighted by atomic mass is 10.0. The molecule has 1 saturated heterocycles. The number of carboxylic acids is 2. The molecule has 3 aromatic rings. The van der Waals surface area contributed by atoms with Gasteiger partial charge >= 0.3 is 23.5 Å². The number of hydrogen-bond acceptors (Lipinski definition) is 14. The van der Waals surface area contributed by atoms with Crippen molar-refractivity contribution in [2.45, 2.75) is 44.0 Å². The first-order valence-corrected chi connectivity index (χ1v) is 16.6. The fourth-order valence-corrected chi connectivity index (χ4v) is 7.39. The summed E-state index contributed by atoms with van der Waals surface area (Å²) in [6.07, 6.45) is 1.18. The number of thiazole rings is 1. The van der Waals surface area contributed by atoms with Crippen molar-refractivity contribution in [3.05, 3.63) is 39.6 Å². The van der Waals surface area contributed by atoms with Gasteiger partial charge in [0.2, 0.25) is 6.10 Å². The van der Waals surface area contributed by atoms with Gasteiger partial charge in [0, 0.05) is 22.9 Å². The average Bonchev–Trinajstić information content (AvgIpc) is 3.57. The first-order chi connectivity index (χ1) is 23.0. The number of carboxylic acid groups (broad SMARTS) is 2. The van der Waals surface area contributed by atoms with E-state index in [0.717, 1.165) is 34.7 Å². The first kappa shape index (κ1) is 34.8. The highest BCUT2D eigenvalue weighted by molar-refractivity contribution is 8.00. The van der Waals surface area contributed by atoms with Crippen molar-refractivity contribution in [2.24, 2.45) is 5.16 Å². The number of rotatable bonds is 15. The van der Waals surface area contributed by atoms with E-state index in [4.69, 9.17) is 37.1 Å². The molecule has 48 heavy (non-hydrogen) atoms. The summed E-state index contributed by atoms with van der Waals surface area (Å²) in [6, 6.07) is 2.60. The Kier molecular flexibility index (Phi) is 10.7. The molecule has 3 atom stereocenters. The minimum absolute atomic E-state index is 0.0113. The Balaban J connectivity index is 1.40. The molecule has 0 aliphatic carbocycles. The molecule has 3 aromatic heterocycles. The number of thioether (sulfide) groups is 1. The molecular weight excluding hydrogens is 692 g/mol. The van der Waals surface area contributed by atoms with Crippen LogP contribution in [-0.4, -0.2) is 103 Å². The summed E-state index contributed by atoms with van der Waals surface area (Å²) in [7, 11) is 3.35. The summed E-state index contributed by atoms with van der Waals surface area (Å²) in [5.41, 5.74) is 9.51. The normalized spacial score (nSPS) is 18.4. The van der Waals surface area contributed by atoms with Crippen LogP contribution in [0.1, 0.15) is 19.0 Å². The van der Waals surface area contributed by atoms with Gasteiger partial charge < -0.3 is 31.4 Å². The number of halogens is 1. The summed E-state index contributed by atoms with van der Waals surface area (Å²) in [6.45, 7) is 2.75. The van der Waals surface area contributed by atoms with Crippen LogP contribution >= 0.6 is 34.7 Å². The predicted molar refractivity (Wildman–Crippen MR) is 175 cm³/mol. The van der Waals surface area contributed by atoms with Crippen molar-refractivity contribution < 1.29 is 43.6 Å². The van der Waals surface area contributed by atoms with Gasteiger partial charge in [-0.1, -0.05) is 28.1 Å². The fraction of sp³-hybridized carbons (Fsp3) is 0.407. The third-order valence-corrected chi connectivity index (χ3v) is 9.79. The monoisotopic (exact) mass is 723 g/mol. The van der Waals surface area contributed by atoms with Gasteiger partial charge in [0.1, 0.15) is 39.2 Å². The Labute approximate surface area is 285 Å². The third-order valence-electron chi connectivity index (χ3n) is 7.37. The smallest absolute Gasteiger partial charge is 0.352 e. The molecule has 7 N–H and O–H groups in total. The molecule has 18 nitrogen and oxygen atoms in total. The van der Waals surface area contributed by atoms with Crippen molar-refractivity contribution in [1.82, 2.24) is 30.1 Å². The highest BCUT2D eigenvalue weighted by Crippen LogP contribution is 2.40. The number of nitrogen functional groups attached to an aromatic ring is 1. The number of β-lactam (4-membered cyclic amide) rings is 1. The molecule has 0 spiro atoms. The second-order valence-electron chi connectivity index (χ2n) is 10.5. The minimum atomic E-state index is -1.42. The zero-order chi connectivity index (χ0) is 34.7. The summed E-state index contributed by atoms with van der Waals surface area (Å²) in [4.78, 5) is 70.5. The number of oxime groups is 1. The SMILES string of the molecule is CNCCCn1c(NOC)nc2c1ccc[n+]2CC1=C(C(=O)O)N2C(=O)[C@@H](NC(=O)C(=NO[C@@H](C)C(=O)O)c3nc(N)sc3Cl)C2SC1. The Bertz CT molecular complexity index is 1830. The minimum Gasteiger partial charge on any atom is -0.478 e. The molecule has 1 fully saturated rings. The number of anilines is 2. The third kappa shape index (κ3) is 6.88. The highest BCUT2D eigenvalue weighted by Gasteiger charge is 2.54. The highest BCUT2D eigenvalue weighted by atomic mass is 35.5. The van der Waals surface area contributed by atoms with E-state index in [-0.39, 0.29) is 33.2 Å². The number of nitrogens with one attached hydrogen (secondary N) is 3. The second kappa shape index (κ2) is 14.7. The van der Waals surface area contributed by atoms with E-state index in [0.29, 0.717) is 23.7 Å². The zero-order valence-corrected chi connectivity index (χ0v) is 28.2. The molecular formula is C27H32ClN10O8S2+. The summed E-state index contributed by atoms with van der Waals surface area (Å²) in [5, 5.41) is 28.0. The molecule has 0 bridgehead atoms. The topological polar surface area (TPSA) is 239 Å². The van der Waals surface area contributed by atoms with E-state index in [1.54, 1.807) is 10.8 Å². The van der Waals surface area contributed by atoms with E-state index >= 15 is 0 Å². The van der Waals surface area contributed by atoms with Crippen LogP contribution in [0, 0.1) is 0 Å². The summed E-state index contributed by atoms with van der Waals surface area (Å²) in [5.74, 6) is -3.54. The zero-order valence-electron chi connectivity index (χ0n) is 25.8. The lowest BCUT2D eigenvalue weighted by Gasteiger charge is -2.49. The van der Waals surface area contributed by atoms with Crippen LogP contribution in [-0.2, 0) is 41.9 Å². The Morgan fingerprint density at radius 2 is 2.08 bits per heavy atom. The molecule has 0 aromatic carbocycles. The molecule has 21 heteroatoms. The number of aryl methyl sites for hydroxylation is 1. The first-order valence-electron chi connectivity index (χ1n) is 14.4. The van der Waals surface area contributed by atoms with Crippen LogP contribution in [0.5, 0.6) is 0 Å². The molecule has 2 amide bonds. The van der Waals surface area contributed by atoms with Crippen molar-refractivity contribution >= 4 is 86.4 Å². The number of carbonyl (C=O) groups excluding carboxylic acids is 2.